The average Bonchev–Trinajstić information content (AvgIpc) is 2.46. The van der Waals surface area contributed by atoms with Crippen LogP contribution in [0.25, 0.3) is 11.6 Å². The summed E-state index contributed by atoms with van der Waals surface area (Å²) in [5.74, 6) is -1.69. The van der Waals surface area contributed by atoms with Gasteiger partial charge in [0.1, 0.15) is 5.82 Å². The summed E-state index contributed by atoms with van der Waals surface area (Å²) in [6.45, 7) is 0. The van der Waals surface area contributed by atoms with Gasteiger partial charge in [-0.2, -0.15) is 0 Å². The molecule has 0 aliphatic heterocycles. The van der Waals surface area contributed by atoms with Gasteiger partial charge in [0.05, 0.1) is 5.57 Å². The predicted octanol–water partition coefficient (Wildman–Crippen LogP) is 4.17. The van der Waals surface area contributed by atoms with E-state index < -0.39 is 11.8 Å². The van der Waals surface area contributed by atoms with E-state index in [2.05, 4.69) is 0 Å². The molecule has 0 saturated heterocycles. The first-order chi connectivity index (χ1) is 9.61. The zero-order valence-electron chi connectivity index (χ0n) is 10.8. The Balaban J connectivity index is 2.45. The molecule has 2 aromatic rings. The molecule has 0 aliphatic carbocycles. The van der Waals surface area contributed by atoms with Gasteiger partial charge in [-0.3, -0.25) is 0 Å². The van der Waals surface area contributed by atoms with E-state index in [0.29, 0.717) is 0 Å². The molecule has 0 spiro atoms. The quantitative estimate of drug-likeness (QED) is 0.521. The summed E-state index contributed by atoms with van der Waals surface area (Å²) in [7, 11) is 0. The number of rotatable bonds is 4. The van der Waals surface area contributed by atoms with Crippen molar-refractivity contribution in [3.63, 3.8) is 0 Å². The Morgan fingerprint density at radius 2 is 1.80 bits per heavy atom. The number of carbonyl (C=O) groups is 1. The third kappa shape index (κ3) is 3.27. The second-order valence-electron chi connectivity index (χ2n) is 4.12. The molecule has 0 radical (unpaired) electrons. The largest absolute Gasteiger partial charge is 0.478 e. The highest BCUT2D eigenvalue weighted by molar-refractivity contribution is 7.98. The molecule has 102 valence electrons. The monoisotopic (exact) mass is 288 g/mol. The van der Waals surface area contributed by atoms with Crippen molar-refractivity contribution in [2.45, 2.75) is 4.90 Å². The first-order valence-corrected chi connectivity index (χ1v) is 7.18. The Morgan fingerprint density at radius 1 is 1.15 bits per heavy atom. The highest BCUT2D eigenvalue weighted by Gasteiger charge is 2.14. The Morgan fingerprint density at radius 3 is 2.35 bits per heavy atom. The second kappa shape index (κ2) is 6.39. The highest BCUT2D eigenvalue weighted by atomic mass is 32.2. The first kappa shape index (κ1) is 14.3. The molecule has 0 atom stereocenters. The SMILES string of the molecule is CSc1ccc(C=C(C(=O)O)c2ccccc2F)cc1. The summed E-state index contributed by atoms with van der Waals surface area (Å²) in [4.78, 5) is 12.4. The lowest BCUT2D eigenvalue weighted by Gasteiger charge is -2.05. The molecule has 0 heterocycles. The van der Waals surface area contributed by atoms with Crippen molar-refractivity contribution in [3.05, 3.63) is 65.5 Å². The van der Waals surface area contributed by atoms with Gasteiger partial charge in [-0.05, 0) is 36.1 Å². The molecule has 2 rings (SSSR count). The van der Waals surface area contributed by atoms with Crippen LogP contribution in [0.3, 0.4) is 0 Å². The van der Waals surface area contributed by atoms with E-state index >= 15 is 0 Å². The molecule has 0 aliphatic rings. The Bertz CT molecular complexity index is 648. The molecule has 0 amide bonds. The molecular weight excluding hydrogens is 275 g/mol. The standard InChI is InChI=1S/C16H13FO2S/c1-20-12-8-6-11(7-9-12)10-14(16(18)19)13-4-2-3-5-15(13)17/h2-10H,1H3,(H,18,19). The highest BCUT2D eigenvalue weighted by Crippen LogP contribution is 2.22. The van der Waals surface area contributed by atoms with Gasteiger partial charge in [-0.25, -0.2) is 9.18 Å². The van der Waals surface area contributed by atoms with E-state index in [1.54, 1.807) is 17.8 Å². The number of hydrogen-bond donors (Lipinski definition) is 1. The van der Waals surface area contributed by atoms with E-state index in [4.69, 9.17) is 0 Å². The van der Waals surface area contributed by atoms with Gasteiger partial charge in [0, 0.05) is 10.5 Å². The lowest BCUT2D eigenvalue weighted by molar-refractivity contribution is -0.130. The van der Waals surface area contributed by atoms with Gasteiger partial charge in [0.2, 0.25) is 0 Å². The van der Waals surface area contributed by atoms with Crippen molar-refractivity contribution < 1.29 is 14.3 Å². The molecule has 0 unspecified atom stereocenters. The number of carboxylic acids is 1. The number of hydrogen-bond acceptors (Lipinski definition) is 2. The zero-order valence-corrected chi connectivity index (χ0v) is 11.7. The van der Waals surface area contributed by atoms with E-state index in [9.17, 15) is 14.3 Å². The fourth-order valence-corrected chi connectivity index (χ4v) is 2.21. The minimum Gasteiger partial charge on any atom is -0.478 e. The van der Waals surface area contributed by atoms with Gasteiger partial charge in [0.25, 0.3) is 0 Å². The normalized spacial score (nSPS) is 11.4. The van der Waals surface area contributed by atoms with Gasteiger partial charge in [-0.1, -0.05) is 30.3 Å². The van der Waals surface area contributed by atoms with Crippen molar-refractivity contribution in [2.75, 3.05) is 6.26 Å². The summed E-state index contributed by atoms with van der Waals surface area (Å²) >= 11 is 1.60. The number of aliphatic carboxylic acids is 1. The van der Waals surface area contributed by atoms with E-state index in [1.807, 2.05) is 30.5 Å². The molecule has 20 heavy (non-hydrogen) atoms. The Kier molecular flexibility index (Phi) is 4.58. The van der Waals surface area contributed by atoms with Gasteiger partial charge < -0.3 is 5.11 Å². The van der Waals surface area contributed by atoms with Crippen LogP contribution in [0.4, 0.5) is 4.39 Å². The van der Waals surface area contributed by atoms with E-state index in [0.717, 1.165) is 10.5 Å². The third-order valence-corrected chi connectivity index (χ3v) is 3.56. The van der Waals surface area contributed by atoms with Crippen LogP contribution in [0.1, 0.15) is 11.1 Å². The minimum atomic E-state index is -1.15. The maximum atomic E-state index is 13.7. The predicted molar refractivity (Wildman–Crippen MR) is 80.1 cm³/mol. The topological polar surface area (TPSA) is 37.3 Å². The molecule has 1 N–H and O–H groups in total. The molecular formula is C16H13FO2S. The summed E-state index contributed by atoms with van der Waals surface area (Å²) in [6.07, 6.45) is 3.44. The van der Waals surface area contributed by atoms with Crippen molar-refractivity contribution in [3.8, 4) is 0 Å². The van der Waals surface area contributed by atoms with Crippen LogP contribution in [0.2, 0.25) is 0 Å². The molecule has 2 aromatic carbocycles. The van der Waals surface area contributed by atoms with Crippen LogP contribution in [0, 0.1) is 5.82 Å². The van der Waals surface area contributed by atoms with E-state index in [-0.39, 0.29) is 11.1 Å². The molecule has 2 nitrogen and oxygen atoms in total. The lowest BCUT2D eigenvalue weighted by atomic mass is 10.0. The fraction of sp³-hybridized carbons (Fsp3) is 0.0625. The van der Waals surface area contributed by atoms with Crippen LogP contribution in [-0.4, -0.2) is 17.3 Å². The summed E-state index contributed by atoms with van der Waals surface area (Å²) in [5.41, 5.74) is 0.761. The Hall–Kier alpha value is -2.07. The van der Waals surface area contributed by atoms with E-state index in [1.165, 1.54) is 24.3 Å². The molecule has 0 aromatic heterocycles. The summed E-state index contributed by atoms with van der Waals surface area (Å²) in [6, 6.07) is 13.3. The van der Waals surface area contributed by atoms with Crippen molar-refractivity contribution >= 4 is 29.4 Å². The van der Waals surface area contributed by atoms with Crippen LogP contribution in [-0.2, 0) is 4.79 Å². The summed E-state index contributed by atoms with van der Waals surface area (Å²) in [5, 5.41) is 9.27. The average molecular weight is 288 g/mol. The molecule has 4 heteroatoms. The smallest absolute Gasteiger partial charge is 0.336 e. The minimum absolute atomic E-state index is 0.0556. The number of benzene rings is 2. The van der Waals surface area contributed by atoms with Crippen LogP contribution < -0.4 is 0 Å². The zero-order chi connectivity index (χ0) is 14.5. The maximum Gasteiger partial charge on any atom is 0.336 e. The van der Waals surface area contributed by atoms with Crippen molar-refractivity contribution in [2.24, 2.45) is 0 Å². The van der Waals surface area contributed by atoms with Gasteiger partial charge in [0.15, 0.2) is 0 Å². The fourth-order valence-electron chi connectivity index (χ4n) is 1.80. The van der Waals surface area contributed by atoms with Crippen molar-refractivity contribution in [1.29, 1.82) is 0 Å². The first-order valence-electron chi connectivity index (χ1n) is 5.96. The van der Waals surface area contributed by atoms with Crippen molar-refractivity contribution in [1.82, 2.24) is 0 Å². The number of thioether (sulfide) groups is 1. The second-order valence-corrected chi connectivity index (χ2v) is 5.00. The summed E-state index contributed by atoms with van der Waals surface area (Å²) < 4.78 is 13.7. The maximum absolute atomic E-state index is 13.7. The van der Waals surface area contributed by atoms with Crippen LogP contribution in [0.15, 0.2) is 53.4 Å². The molecule has 0 saturated carbocycles. The number of halogens is 1. The Labute approximate surface area is 121 Å². The third-order valence-electron chi connectivity index (χ3n) is 2.82. The van der Waals surface area contributed by atoms with Crippen LogP contribution in [0.5, 0.6) is 0 Å². The van der Waals surface area contributed by atoms with Gasteiger partial charge >= 0.3 is 5.97 Å². The molecule has 0 bridgehead atoms. The lowest BCUT2D eigenvalue weighted by Crippen LogP contribution is -2.01. The van der Waals surface area contributed by atoms with Gasteiger partial charge in [-0.15, -0.1) is 11.8 Å². The molecule has 0 fully saturated rings. The number of carboxylic acid groups (broad SMARTS) is 1. The van der Waals surface area contributed by atoms with Crippen LogP contribution >= 0.6 is 11.8 Å².